The van der Waals surface area contributed by atoms with Gasteiger partial charge in [0.15, 0.2) is 0 Å². The summed E-state index contributed by atoms with van der Waals surface area (Å²) in [6.07, 6.45) is 2.43. The van der Waals surface area contributed by atoms with Gasteiger partial charge >= 0.3 is 0 Å². The van der Waals surface area contributed by atoms with E-state index in [0.29, 0.717) is 5.92 Å². The van der Waals surface area contributed by atoms with Crippen molar-refractivity contribution in [1.29, 1.82) is 5.26 Å². The molecule has 1 fully saturated rings. The van der Waals surface area contributed by atoms with E-state index in [1.165, 1.54) is 17.7 Å². The second kappa shape index (κ2) is 3.91. The van der Waals surface area contributed by atoms with E-state index in [4.69, 9.17) is 5.26 Å². The monoisotopic (exact) mass is 192 g/mol. The molecule has 1 N–H and O–H groups in total. The van der Waals surface area contributed by atoms with E-state index in [2.05, 4.69) is 11.4 Å². The molecule has 68 valence electrons. The first kappa shape index (κ1) is 8.74. The molecule has 3 heteroatoms. The molecule has 0 unspecified atom stereocenters. The molecule has 1 aromatic rings. The zero-order valence-corrected chi connectivity index (χ0v) is 8.23. The highest BCUT2D eigenvalue weighted by molar-refractivity contribution is 7.10. The number of hydrogen-bond donors (Lipinski definition) is 1. The highest BCUT2D eigenvalue weighted by atomic mass is 32.1. The van der Waals surface area contributed by atoms with Gasteiger partial charge in [0.2, 0.25) is 0 Å². The van der Waals surface area contributed by atoms with Crippen molar-refractivity contribution in [3.63, 3.8) is 0 Å². The standard InChI is InChI=1S/C10H12N2S/c11-6-8-5-10(13-7-8)9-1-3-12-4-2-9/h5,7,9,12H,1-4H2. The van der Waals surface area contributed by atoms with Gasteiger partial charge in [-0.1, -0.05) is 0 Å². The van der Waals surface area contributed by atoms with Crippen LogP contribution in [0.15, 0.2) is 11.4 Å². The van der Waals surface area contributed by atoms with Crippen molar-refractivity contribution >= 4 is 11.3 Å². The topological polar surface area (TPSA) is 35.8 Å². The van der Waals surface area contributed by atoms with Crippen LogP contribution in [0.2, 0.25) is 0 Å². The first-order chi connectivity index (χ1) is 6.40. The van der Waals surface area contributed by atoms with Crippen LogP contribution in [0.4, 0.5) is 0 Å². The van der Waals surface area contributed by atoms with E-state index in [0.717, 1.165) is 18.7 Å². The highest BCUT2D eigenvalue weighted by Crippen LogP contribution is 2.30. The summed E-state index contributed by atoms with van der Waals surface area (Å²) in [6.45, 7) is 2.23. The Bertz CT molecular complexity index is 318. The van der Waals surface area contributed by atoms with E-state index < -0.39 is 0 Å². The lowest BCUT2D eigenvalue weighted by molar-refractivity contribution is 0.465. The Labute approximate surface area is 82.2 Å². The van der Waals surface area contributed by atoms with Gasteiger partial charge < -0.3 is 5.32 Å². The largest absolute Gasteiger partial charge is 0.317 e. The molecule has 1 aliphatic rings. The predicted molar refractivity (Wildman–Crippen MR) is 53.9 cm³/mol. The van der Waals surface area contributed by atoms with Crippen molar-refractivity contribution in [3.8, 4) is 6.07 Å². The van der Waals surface area contributed by atoms with Gasteiger partial charge in [-0.25, -0.2) is 0 Å². The van der Waals surface area contributed by atoms with Crippen LogP contribution in [0.25, 0.3) is 0 Å². The lowest BCUT2D eigenvalue weighted by Crippen LogP contribution is -2.26. The number of nitrogens with zero attached hydrogens (tertiary/aromatic N) is 1. The number of thiophene rings is 1. The Morgan fingerprint density at radius 1 is 1.46 bits per heavy atom. The quantitative estimate of drug-likeness (QED) is 0.739. The zero-order chi connectivity index (χ0) is 9.10. The van der Waals surface area contributed by atoms with Crippen molar-refractivity contribution in [2.24, 2.45) is 0 Å². The van der Waals surface area contributed by atoms with E-state index in [1.54, 1.807) is 11.3 Å². The molecule has 0 spiro atoms. The van der Waals surface area contributed by atoms with Crippen molar-refractivity contribution in [3.05, 3.63) is 21.9 Å². The molecule has 0 aromatic carbocycles. The van der Waals surface area contributed by atoms with Gasteiger partial charge in [0.25, 0.3) is 0 Å². The number of rotatable bonds is 1. The molecule has 0 aliphatic carbocycles. The summed E-state index contributed by atoms with van der Waals surface area (Å²) in [6, 6.07) is 4.22. The number of nitriles is 1. The molecule has 2 heterocycles. The van der Waals surface area contributed by atoms with E-state index >= 15 is 0 Å². The average molecular weight is 192 g/mol. The molecule has 13 heavy (non-hydrogen) atoms. The summed E-state index contributed by atoms with van der Waals surface area (Å²) >= 11 is 1.73. The smallest absolute Gasteiger partial charge is 0.100 e. The first-order valence-electron chi connectivity index (χ1n) is 4.59. The van der Waals surface area contributed by atoms with Gasteiger partial charge in [0.05, 0.1) is 5.56 Å². The Hall–Kier alpha value is -0.850. The summed E-state index contributed by atoms with van der Waals surface area (Å²) < 4.78 is 0. The first-order valence-corrected chi connectivity index (χ1v) is 5.47. The molecule has 1 aliphatic heterocycles. The molecule has 0 radical (unpaired) electrons. The maximum absolute atomic E-state index is 8.69. The molecule has 2 nitrogen and oxygen atoms in total. The van der Waals surface area contributed by atoms with Gasteiger partial charge in [0.1, 0.15) is 6.07 Å². The lowest BCUT2D eigenvalue weighted by atomic mass is 9.96. The fourth-order valence-electron chi connectivity index (χ4n) is 1.73. The van der Waals surface area contributed by atoms with Gasteiger partial charge in [0, 0.05) is 10.3 Å². The van der Waals surface area contributed by atoms with Crippen LogP contribution in [-0.4, -0.2) is 13.1 Å². The van der Waals surface area contributed by atoms with E-state index in [9.17, 15) is 0 Å². The van der Waals surface area contributed by atoms with E-state index in [-0.39, 0.29) is 0 Å². The minimum atomic E-state index is 0.688. The SMILES string of the molecule is N#Cc1csc(C2CCNCC2)c1. The van der Waals surface area contributed by atoms with Gasteiger partial charge in [-0.15, -0.1) is 11.3 Å². The third kappa shape index (κ3) is 1.90. The number of nitrogens with one attached hydrogen (secondary N) is 1. The van der Waals surface area contributed by atoms with Crippen molar-refractivity contribution < 1.29 is 0 Å². The van der Waals surface area contributed by atoms with Crippen molar-refractivity contribution in [2.75, 3.05) is 13.1 Å². The maximum Gasteiger partial charge on any atom is 0.100 e. The van der Waals surface area contributed by atoms with E-state index in [1.807, 2.05) is 11.4 Å². The van der Waals surface area contributed by atoms with Crippen molar-refractivity contribution in [1.82, 2.24) is 5.32 Å². The maximum atomic E-state index is 8.69. The van der Waals surface area contributed by atoms with Crippen LogP contribution in [0.5, 0.6) is 0 Å². The van der Waals surface area contributed by atoms with Crippen LogP contribution >= 0.6 is 11.3 Å². The third-order valence-corrected chi connectivity index (χ3v) is 3.59. The second-order valence-corrected chi connectivity index (χ2v) is 4.32. The summed E-state index contributed by atoms with van der Waals surface area (Å²) in [7, 11) is 0. The molecule has 0 bridgehead atoms. The van der Waals surface area contributed by atoms with Gasteiger partial charge in [-0.3, -0.25) is 0 Å². The molecule has 2 rings (SSSR count). The summed E-state index contributed by atoms with van der Waals surface area (Å²) in [4.78, 5) is 1.39. The van der Waals surface area contributed by atoms with Gasteiger partial charge in [-0.05, 0) is 37.9 Å². The second-order valence-electron chi connectivity index (χ2n) is 3.37. The molecular formula is C10H12N2S. The summed E-state index contributed by atoms with van der Waals surface area (Å²) in [5.74, 6) is 0.688. The van der Waals surface area contributed by atoms with Gasteiger partial charge in [-0.2, -0.15) is 5.26 Å². The Morgan fingerprint density at radius 3 is 2.85 bits per heavy atom. The summed E-state index contributed by atoms with van der Waals surface area (Å²) in [5, 5.41) is 14.0. The van der Waals surface area contributed by atoms with Crippen LogP contribution in [0, 0.1) is 11.3 Å². The zero-order valence-electron chi connectivity index (χ0n) is 7.42. The van der Waals surface area contributed by atoms with Crippen LogP contribution in [0.3, 0.4) is 0 Å². The van der Waals surface area contributed by atoms with Crippen LogP contribution < -0.4 is 5.32 Å². The van der Waals surface area contributed by atoms with Crippen LogP contribution in [-0.2, 0) is 0 Å². The molecule has 0 atom stereocenters. The third-order valence-electron chi connectivity index (χ3n) is 2.49. The molecule has 0 amide bonds. The number of hydrogen-bond acceptors (Lipinski definition) is 3. The Balaban J connectivity index is 2.11. The van der Waals surface area contributed by atoms with Crippen molar-refractivity contribution in [2.45, 2.75) is 18.8 Å². The molecule has 0 saturated carbocycles. The highest BCUT2D eigenvalue weighted by Gasteiger charge is 2.16. The minimum absolute atomic E-state index is 0.688. The fraction of sp³-hybridized carbons (Fsp3) is 0.500. The minimum Gasteiger partial charge on any atom is -0.317 e. The Kier molecular flexibility index (Phi) is 2.62. The molecule has 1 saturated heterocycles. The lowest BCUT2D eigenvalue weighted by Gasteiger charge is -2.21. The average Bonchev–Trinajstić information content (AvgIpc) is 2.67. The fourth-order valence-corrected chi connectivity index (χ4v) is 2.74. The number of piperidine rings is 1. The molecule has 1 aromatic heterocycles. The Morgan fingerprint density at radius 2 is 2.23 bits per heavy atom. The van der Waals surface area contributed by atoms with Crippen LogP contribution in [0.1, 0.15) is 29.2 Å². The predicted octanol–water partition coefficient (Wildman–Crippen LogP) is 2.09. The summed E-state index contributed by atoms with van der Waals surface area (Å²) in [5.41, 5.74) is 0.818. The molecular weight excluding hydrogens is 180 g/mol. The normalized spacial score (nSPS) is 18.4.